The molecule has 0 unspecified atom stereocenters. The first kappa shape index (κ1) is 16.7. The Hall–Kier alpha value is -2.77. The van der Waals surface area contributed by atoms with Crippen molar-refractivity contribution in [2.45, 2.75) is 31.8 Å². The number of likely N-dealkylation sites (N-methyl/N-ethyl adjacent to an activating group) is 1. The van der Waals surface area contributed by atoms with Gasteiger partial charge in [0.2, 0.25) is 0 Å². The first-order valence-corrected chi connectivity index (χ1v) is 8.81. The molecular formula is C18H22N4O4. The molecule has 8 nitrogen and oxygen atoms in total. The van der Waals surface area contributed by atoms with Crippen molar-refractivity contribution in [3.8, 4) is 11.5 Å². The number of rotatable bonds is 2. The van der Waals surface area contributed by atoms with Crippen molar-refractivity contribution in [2.24, 2.45) is 0 Å². The third-order valence-corrected chi connectivity index (χ3v) is 5.13. The number of aryl methyl sites for hydroxylation is 1. The second-order valence-corrected chi connectivity index (χ2v) is 7.13. The molecule has 4 rings (SSSR count). The van der Waals surface area contributed by atoms with Gasteiger partial charge >= 0.3 is 6.09 Å². The molecule has 0 aromatic carbocycles. The Labute approximate surface area is 151 Å². The van der Waals surface area contributed by atoms with Gasteiger partial charge in [-0.1, -0.05) is 0 Å². The van der Waals surface area contributed by atoms with Crippen molar-refractivity contribution >= 4 is 12.0 Å². The second-order valence-electron chi connectivity index (χ2n) is 7.13. The van der Waals surface area contributed by atoms with Crippen LogP contribution in [-0.2, 0) is 4.74 Å². The number of aromatic nitrogens is 2. The largest absolute Gasteiger partial charge is 0.460 e. The summed E-state index contributed by atoms with van der Waals surface area (Å²) in [6, 6.07) is 5.42. The number of aromatic amines is 1. The fourth-order valence-electron chi connectivity index (χ4n) is 3.72. The molecular weight excluding hydrogens is 336 g/mol. The van der Waals surface area contributed by atoms with Crippen molar-refractivity contribution in [1.29, 1.82) is 0 Å². The van der Waals surface area contributed by atoms with Crippen molar-refractivity contribution < 1.29 is 18.7 Å². The third-order valence-electron chi connectivity index (χ3n) is 5.13. The lowest BCUT2D eigenvalue weighted by molar-refractivity contribution is 0.0438. The Kier molecular flexibility index (Phi) is 3.97. The molecule has 1 spiro atoms. The molecule has 2 saturated heterocycles. The smallest absolute Gasteiger partial charge is 0.410 e. The van der Waals surface area contributed by atoms with Crippen molar-refractivity contribution in [2.75, 3.05) is 26.7 Å². The number of hydrogen-bond donors (Lipinski definition) is 1. The minimum Gasteiger partial charge on any atom is -0.460 e. The van der Waals surface area contributed by atoms with Gasteiger partial charge in [-0.25, -0.2) is 4.79 Å². The number of ether oxygens (including phenoxy) is 1. The van der Waals surface area contributed by atoms with Crippen molar-refractivity contribution in [1.82, 2.24) is 20.0 Å². The van der Waals surface area contributed by atoms with Gasteiger partial charge in [-0.2, -0.15) is 5.10 Å². The number of likely N-dealkylation sites (tertiary alicyclic amines) is 1. The molecule has 1 N–H and O–H groups in total. The highest BCUT2D eigenvalue weighted by molar-refractivity contribution is 5.93. The molecule has 0 aliphatic carbocycles. The van der Waals surface area contributed by atoms with Gasteiger partial charge in [0, 0.05) is 32.6 Å². The molecule has 2 aromatic heterocycles. The molecule has 138 valence electrons. The van der Waals surface area contributed by atoms with E-state index < -0.39 is 5.60 Å². The first-order chi connectivity index (χ1) is 12.5. The molecule has 0 radical (unpaired) electrons. The fourth-order valence-corrected chi connectivity index (χ4v) is 3.72. The van der Waals surface area contributed by atoms with Gasteiger partial charge in [-0.3, -0.25) is 9.89 Å². The highest BCUT2D eigenvalue weighted by Gasteiger charge is 2.44. The normalized spacial score (nSPS) is 23.4. The van der Waals surface area contributed by atoms with Crippen LogP contribution in [0.4, 0.5) is 4.79 Å². The summed E-state index contributed by atoms with van der Waals surface area (Å²) in [6.07, 6.45) is 1.92. The Balaban J connectivity index is 1.46. The summed E-state index contributed by atoms with van der Waals surface area (Å²) < 4.78 is 11.2. The molecule has 1 atom stereocenters. The molecule has 2 amide bonds. The molecule has 2 aromatic rings. The number of furan rings is 1. The predicted molar refractivity (Wildman–Crippen MR) is 92.6 cm³/mol. The molecule has 2 aliphatic heterocycles. The molecule has 26 heavy (non-hydrogen) atoms. The topological polar surface area (TPSA) is 91.7 Å². The predicted octanol–water partition coefficient (Wildman–Crippen LogP) is 2.43. The Morgan fingerprint density at radius 3 is 2.85 bits per heavy atom. The maximum Gasteiger partial charge on any atom is 0.410 e. The van der Waals surface area contributed by atoms with E-state index in [4.69, 9.17) is 9.15 Å². The van der Waals surface area contributed by atoms with E-state index in [9.17, 15) is 9.59 Å². The zero-order chi connectivity index (χ0) is 18.3. The van der Waals surface area contributed by atoms with Gasteiger partial charge in [0.05, 0.1) is 6.54 Å². The van der Waals surface area contributed by atoms with E-state index in [0.717, 1.165) is 18.6 Å². The van der Waals surface area contributed by atoms with E-state index in [1.54, 1.807) is 22.9 Å². The molecule has 2 fully saturated rings. The van der Waals surface area contributed by atoms with Gasteiger partial charge in [-0.15, -0.1) is 0 Å². The molecule has 2 aliphatic rings. The summed E-state index contributed by atoms with van der Waals surface area (Å²) in [5.74, 6) is 1.34. The van der Waals surface area contributed by atoms with E-state index in [2.05, 4.69) is 10.2 Å². The maximum absolute atomic E-state index is 12.8. The number of carbonyl (C=O) groups excluding carboxylic acids is 2. The van der Waals surface area contributed by atoms with Crippen LogP contribution in [0.2, 0.25) is 0 Å². The first-order valence-electron chi connectivity index (χ1n) is 8.81. The number of nitrogens with zero attached hydrogens (tertiary/aromatic N) is 3. The molecule has 4 heterocycles. The van der Waals surface area contributed by atoms with E-state index in [-0.39, 0.29) is 12.0 Å². The van der Waals surface area contributed by atoms with E-state index >= 15 is 0 Å². The lowest BCUT2D eigenvalue weighted by Crippen LogP contribution is -2.37. The molecule has 0 bridgehead atoms. The Morgan fingerprint density at radius 1 is 1.31 bits per heavy atom. The summed E-state index contributed by atoms with van der Waals surface area (Å²) in [7, 11) is 1.74. The van der Waals surface area contributed by atoms with Crippen molar-refractivity contribution in [3.05, 3.63) is 29.7 Å². The molecule has 8 heteroatoms. The molecule has 0 saturated carbocycles. The zero-order valence-corrected chi connectivity index (χ0v) is 14.9. The maximum atomic E-state index is 12.8. The van der Waals surface area contributed by atoms with Crippen LogP contribution < -0.4 is 0 Å². The highest BCUT2D eigenvalue weighted by Crippen LogP contribution is 2.33. The summed E-state index contributed by atoms with van der Waals surface area (Å²) in [6.45, 7) is 3.62. The Morgan fingerprint density at radius 2 is 2.15 bits per heavy atom. The minimum absolute atomic E-state index is 0.120. The fraction of sp³-hybridized carbons (Fsp3) is 0.500. The summed E-state index contributed by atoms with van der Waals surface area (Å²) >= 11 is 0. The van der Waals surface area contributed by atoms with Crippen LogP contribution in [-0.4, -0.2) is 64.3 Å². The lowest BCUT2D eigenvalue weighted by Gasteiger charge is -2.25. The van der Waals surface area contributed by atoms with Crippen LogP contribution in [0.5, 0.6) is 0 Å². The van der Waals surface area contributed by atoms with Gasteiger partial charge in [0.1, 0.15) is 17.1 Å². The second kappa shape index (κ2) is 6.19. The number of carbonyl (C=O) groups is 2. The van der Waals surface area contributed by atoms with Gasteiger partial charge in [0.15, 0.2) is 11.5 Å². The van der Waals surface area contributed by atoms with E-state index in [1.807, 2.05) is 19.1 Å². The van der Waals surface area contributed by atoms with Crippen LogP contribution in [0.3, 0.4) is 0 Å². The third kappa shape index (κ3) is 2.95. The van der Waals surface area contributed by atoms with Crippen LogP contribution in [0.1, 0.15) is 35.5 Å². The number of nitrogens with one attached hydrogen (secondary N) is 1. The van der Waals surface area contributed by atoms with Crippen LogP contribution in [0, 0.1) is 6.92 Å². The summed E-state index contributed by atoms with van der Waals surface area (Å²) in [5.41, 5.74) is 0.577. The Bertz CT molecular complexity index is 842. The summed E-state index contributed by atoms with van der Waals surface area (Å²) in [5, 5.41) is 7.01. The monoisotopic (exact) mass is 358 g/mol. The highest BCUT2D eigenvalue weighted by atomic mass is 16.6. The average Bonchev–Trinajstić information content (AvgIpc) is 3.27. The van der Waals surface area contributed by atoms with Gasteiger partial charge in [-0.05, 0) is 31.9 Å². The average molecular weight is 358 g/mol. The summed E-state index contributed by atoms with van der Waals surface area (Å²) in [4.78, 5) is 28.0. The number of H-pyrrole nitrogens is 1. The lowest BCUT2D eigenvalue weighted by atomic mass is 9.95. The standard InChI is InChI=1S/C18H22N4O4/c1-12-4-5-15(25-12)13-10-14(20-19-13)16(23)22-8-3-6-18(7-9-22)11-21(2)17(24)26-18/h4-5,10H,3,6-9,11H2,1-2H3,(H,19,20)/t18-/m0/s1. The quantitative estimate of drug-likeness (QED) is 0.890. The van der Waals surface area contributed by atoms with Gasteiger partial charge in [0.25, 0.3) is 5.91 Å². The van der Waals surface area contributed by atoms with Crippen molar-refractivity contribution in [3.63, 3.8) is 0 Å². The van der Waals surface area contributed by atoms with Crippen LogP contribution in [0.15, 0.2) is 22.6 Å². The number of hydrogen-bond acceptors (Lipinski definition) is 5. The van der Waals surface area contributed by atoms with Crippen LogP contribution in [0.25, 0.3) is 11.5 Å². The van der Waals surface area contributed by atoms with E-state index in [1.165, 1.54) is 0 Å². The van der Waals surface area contributed by atoms with Crippen LogP contribution >= 0.6 is 0 Å². The van der Waals surface area contributed by atoms with E-state index in [0.29, 0.717) is 43.2 Å². The van der Waals surface area contributed by atoms with Gasteiger partial charge < -0.3 is 19.0 Å². The SMILES string of the molecule is Cc1ccc(-c2cc(C(=O)N3CCC[C@]4(CC3)CN(C)C(=O)O4)n[nH]2)o1. The number of amides is 2. The zero-order valence-electron chi connectivity index (χ0n) is 14.9. The minimum atomic E-state index is -0.469.